The van der Waals surface area contributed by atoms with Crippen LogP contribution in [0.2, 0.25) is 0 Å². The number of hydrogen-bond acceptors (Lipinski definition) is 3. The molecule has 1 aromatic rings. The van der Waals surface area contributed by atoms with Gasteiger partial charge in [0.05, 0.1) is 5.69 Å². The van der Waals surface area contributed by atoms with Crippen LogP contribution >= 0.6 is 0 Å². The molecule has 0 bridgehead atoms. The smallest absolute Gasteiger partial charge is 0.225 e. The second kappa shape index (κ2) is 4.65. The number of nitrogens with zero attached hydrogens (tertiary/aromatic N) is 2. The Morgan fingerprint density at radius 1 is 1.62 bits per heavy atom. The van der Waals surface area contributed by atoms with E-state index in [1.165, 1.54) is 0 Å². The number of aromatic nitrogens is 2. The Morgan fingerprint density at radius 3 is 3.19 bits per heavy atom. The van der Waals surface area contributed by atoms with Gasteiger partial charge < -0.3 is 10.6 Å². The number of rotatable bonds is 3. The molecule has 0 aromatic carbocycles. The standard InChI is InChI=1S/C11H18N4O/c1-3-4-10(16)13-11-8-7-12-6-5-9(8)14-15(11)2/h12H,3-7H2,1-2H3,(H,13,16). The average molecular weight is 222 g/mol. The molecule has 0 unspecified atom stereocenters. The minimum atomic E-state index is 0.0684. The summed E-state index contributed by atoms with van der Waals surface area (Å²) < 4.78 is 1.77. The molecule has 0 aliphatic carbocycles. The van der Waals surface area contributed by atoms with Gasteiger partial charge in [-0.15, -0.1) is 0 Å². The van der Waals surface area contributed by atoms with Crippen LogP contribution in [0.5, 0.6) is 0 Å². The lowest BCUT2D eigenvalue weighted by atomic mass is 10.1. The summed E-state index contributed by atoms with van der Waals surface area (Å²) in [6, 6.07) is 0. The molecule has 0 fully saturated rings. The fourth-order valence-electron chi connectivity index (χ4n) is 2.01. The molecule has 0 radical (unpaired) electrons. The van der Waals surface area contributed by atoms with E-state index in [9.17, 15) is 4.79 Å². The summed E-state index contributed by atoms with van der Waals surface area (Å²) in [4.78, 5) is 11.6. The summed E-state index contributed by atoms with van der Waals surface area (Å²) in [5.41, 5.74) is 2.24. The zero-order valence-electron chi connectivity index (χ0n) is 9.84. The van der Waals surface area contributed by atoms with Crippen molar-refractivity contribution in [3.63, 3.8) is 0 Å². The summed E-state index contributed by atoms with van der Waals surface area (Å²) in [7, 11) is 1.87. The van der Waals surface area contributed by atoms with Crippen LogP contribution in [0.4, 0.5) is 5.82 Å². The Morgan fingerprint density at radius 2 is 2.44 bits per heavy atom. The van der Waals surface area contributed by atoms with Crippen molar-refractivity contribution >= 4 is 11.7 Å². The van der Waals surface area contributed by atoms with Crippen molar-refractivity contribution in [1.82, 2.24) is 15.1 Å². The average Bonchev–Trinajstić information content (AvgIpc) is 2.56. The first-order valence-electron chi connectivity index (χ1n) is 5.77. The highest BCUT2D eigenvalue weighted by Gasteiger charge is 2.19. The molecule has 1 amide bonds. The second-order valence-corrected chi connectivity index (χ2v) is 4.12. The van der Waals surface area contributed by atoms with E-state index in [1.54, 1.807) is 4.68 Å². The lowest BCUT2D eigenvalue weighted by molar-refractivity contribution is -0.116. The van der Waals surface area contributed by atoms with E-state index in [-0.39, 0.29) is 5.91 Å². The van der Waals surface area contributed by atoms with Gasteiger partial charge >= 0.3 is 0 Å². The van der Waals surface area contributed by atoms with E-state index in [1.807, 2.05) is 14.0 Å². The third-order valence-corrected chi connectivity index (χ3v) is 2.80. The van der Waals surface area contributed by atoms with Gasteiger partial charge in [-0.05, 0) is 6.42 Å². The van der Waals surface area contributed by atoms with Crippen molar-refractivity contribution in [2.24, 2.45) is 7.05 Å². The quantitative estimate of drug-likeness (QED) is 0.795. The number of fused-ring (bicyclic) bond motifs is 1. The lowest BCUT2D eigenvalue weighted by Gasteiger charge is -2.13. The summed E-state index contributed by atoms with van der Waals surface area (Å²) >= 11 is 0. The maximum Gasteiger partial charge on any atom is 0.225 e. The van der Waals surface area contributed by atoms with E-state index in [0.29, 0.717) is 6.42 Å². The molecule has 0 spiro atoms. The molecule has 2 heterocycles. The van der Waals surface area contributed by atoms with Gasteiger partial charge in [-0.2, -0.15) is 5.10 Å². The highest BCUT2D eigenvalue weighted by atomic mass is 16.1. The molecule has 1 aliphatic rings. The Bertz CT molecular complexity index is 397. The van der Waals surface area contributed by atoms with Gasteiger partial charge in [-0.1, -0.05) is 6.92 Å². The predicted molar refractivity (Wildman–Crippen MR) is 62.2 cm³/mol. The first kappa shape index (κ1) is 11.1. The van der Waals surface area contributed by atoms with Crippen LogP contribution in [-0.4, -0.2) is 22.2 Å². The number of carbonyl (C=O) groups excluding carboxylic acids is 1. The second-order valence-electron chi connectivity index (χ2n) is 4.12. The van der Waals surface area contributed by atoms with E-state index in [4.69, 9.17) is 0 Å². The molecule has 0 atom stereocenters. The van der Waals surface area contributed by atoms with Crippen LogP contribution in [-0.2, 0) is 24.8 Å². The molecular formula is C11H18N4O. The monoisotopic (exact) mass is 222 g/mol. The molecule has 5 nitrogen and oxygen atoms in total. The molecule has 16 heavy (non-hydrogen) atoms. The molecule has 2 rings (SSSR count). The van der Waals surface area contributed by atoms with Gasteiger partial charge in [0.1, 0.15) is 5.82 Å². The van der Waals surface area contributed by atoms with Crippen molar-refractivity contribution in [2.45, 2.75) is 32.7 Å². The summed E-state index contributed by atoms with van der Waals surface area (Å²) in [6.45, 7) is 3.76. The van der Waals surface area contributed by atoms with Crippen molar-refractivity contribution < 1.29 is 4.79 Å². The molecule has 5 heteroatoms. The van der Waals surface area contributed by atoms with Gasteiger partial charge in [-0.3, -0.25) is 9.48 Å². The first-order valence-corrected chi connectivity index (χ1v) is 5.77. The van der Waals surface area contributed by atoms with Gasteiger partial charge in [0, 0.05) is 38.5 Å². The molecule has 2 N–H and O–H groups in total. The highest BCUT2D eigenvalue weighted by molar-refractivity contribution is 5.90. The van der Waals surface area contributed by atoms with Crippen LogP contribution < -0.4 is 10.6 Å². The zero-order valence-corrected chi connectivity index (χ0v) is 9.84. The van der Waals surface area contributed by atoms with Gasteiger partial charge in [0.15, 0.2) is 0 Å². The first-order chi connectivity index (χ1) is 7.72. The normalized spacial score (nSPS) is 14.6. The minimum absolute atomic E-state index is 0.0684. The number of amides is 1. The number of nitrogens with one attached hydrogen (secondary N) is 2. The fraction of sp³-hybridized carbons (Fsp3) is 0.636. The van der Waals surface area contributed by atoms with E-state index in [2.05, 4.69) is 15.7 Å². The van der Waals surface area contributed by atoms with Crippen LogP contribution in [0.15, 0.2) is 0 Å². The number of aryl methyl sites for hydroxylation is 1. The third kappa shape index (κ3) is 2.09. The summed E-state index contributed by atoms with van der Waals surface area (Å²) in [5, 5.41) is 10.7. The summed E-state index contributed by atoms with van der Waals surface area (Å²) in [6.07, 6.45) is 2.37. The maximum atomic E-state index is 11.6. The SMILES string of the molecule is CCCC(=O)Nc1c2c(nn1C)CCNC2. The molecule has 1 aliphatic heterocycles. The Hall–Kier alpha value is -1.36. The molecular weight excluding hydrogens is 204 g/mol. The van der Waals surface area contributed by atoms with Gasteiger partial charge in [0.2, 0.25) is 5.91 Å². The van der Waals surface area contributed by atoms with Crippen molar-refractivity contribution in [2.75, 3.05) is 11.9 Å². The minimum Gasteiger partial charge on any atom is -0.312 e. The fourth-order valence-corrected chi connectivity index (χ4v) is 2.01. The van der Waals surface area contributed by atoms with Crippen LogP contribution in [0.1, 0.15) is 31.0 Å². The Kier molecular flexibility index (Phi) is 3.24. The van der Waals surface area contributed by atoms with E-state index >= 15 is 0 Å². The van der Waals surface area contributed by atoms with Gasteiger partial charge in [-0.25, -0.2) is 0 Å². The van der Waals surface area contributed by atoms with Crippen LogP contribution in [0.3, 0.4) is 0 Å². The van der Waals surface area contributed by atoms with Crippen molar-refractivity contribution in [3.8, 4) is 0 Å². The van der Waals surface area contributed by atoms with E-state index in [0.717, 1.165) is 43.0 Å². The van der Waals surface area contributed by atoms with Crippen LogP contribution in [0.25, 0.3) is 0 Å². The molecule has 0 saturated heterocycles. The van der Waals surface area contributed by atoms with Crippen molar-refractivity contribution in [3.05, 3.63) is 11.3 Å². The Balaban J connectivity index is 2.19. The molecule has 0 saturated carbocycles. The number of anilines is 1. The maximum absolute atomic E-state index is 11.6. The predicted octanol–water partition coefficient (Wildman–Crippen LogP) is 0.804. The lowest BCUT2D eigenvalue weighted by Crippen LogP contribution is -2.24. The van der Waals surface area contributed by atoms with Gasteiger partial charge in [0.25, 0.3) is 0 Å². The third-order valence-electron chi connectivity index (χ3n) is 2.80. The van der Waals surface area contributed by atoms with Crippen molar-refractivity contribution in [1.29, 1.82) is 0 Å². The molecule has 1 aromatic heterocycles. The number of carbonyl (C=O) groups is 1. The van der Waals surface area contributed by atoms with Crippen LogP contribution in [0, 0.1) is 0 Å². The topological polar surface area (TPSA) is 59.0 Å². The summed E-state index contributed by atoms with van der Waals surface area (Å²) in [5.74, 6) is 0.916. The highest BCUT2D eigenvalue weighted by Crippen LogP contribution is 2.22. The zero-order chi connectivity index (χ0) is 11.5. The number of hydrogen-bond donors (Lipinski definition) is 2. The molecule has 88 valence electrons. The Labute approximate surface area is 95.2 Å². The largest absolute Gasteiger partial charge is 0.312 e. The van der Waals surface area contributed by atoms with E-state index < -0.39 is 0 Å².